The fourth-order valence-corrected chi connectivity index (χ4v) is 5.21. The number of quaternary nitrogens is 1. The van der Waals surface area contributed by atoms with Gasteiger partial charge in [0, 0.05) is 13.1 Å². The molecule has 3 rings (SSSR count). The normalized spacial score (nSPS) is 23.2. The van der Waals surface area contributed by atoms with E-state index >= 15 is 0 Å². The lowest BCUT2D eigenvalue weighted by Gasteiger charge is -2.34. The number of hydrogen-bond donors (Lipinski definition) is 1. The van der Waals surface area contributed by atoms with E-state index in [1.54, 1.807) is 0 Å². The van der Waals surface area contributed by atoms with Crippen molar-refractivity contribution >= 4 is 15.9 Å². The van der Waals surface area contributed by atoms with Crippen LogP contribution in [0.1, 0.15) is 19.8 Å². The van der Waals surface area contributed by atoms with Crippen LogP contribution >= 0.6 is 0 Å². The first-order valence-electron chi connectivity index (χ1n) is 9.23. The van der Waals surface area contributed by atoms with Crippen molar-refractivity contribution in [3.05, 3.63) is 30.1 Å². The average Bonchev–Trinajstić information content (AvgIpc) is 2.62. The Balaban J connectivity index is 1.55. The van der Waals surface area contributed by atoms with Crippen molar-refractivity contribution in [3.63, 3.8) is 0 Å². The minimum Gasteiger partial charge on any atom is -0.338 e. The molecule has 0 aliphatic carbocycles. The minimum atomic E-state index is -3.68. The summed E-state index contributed by atoms with van der Waals surface area (Å²) in [5.74, 6) is 0.153. The summed E-state index contributed by atoms with van der Waals surface area (Å²) < 4.78 is 40.0. The Morgan fingerprint density at radius 1 is 1.27 bits per heavy atom. The molecule has 8 heteroatoms. The van der Waals surface area contributed by atoms with E-state index in [2.05, 4.69) is 6.92 Å². The smallest absolute Gasteiger partial charge is 0.277 e. The minimum absolute atomic E-state index is 0.0145. The van der Waals surface area contributed by atoms with Gasteiger partial charge < -0.3 is 9.80 Å². The zero-order valence-electron chi connectivity index (χ0n) is 15.2. The molecule has 2 saturated heterocycles. The number of hydrogen-bond acceptors (Lipinski definition) is 3. The lowest BCUT2D eigenvalue weighted by Crippen LogP contribution is -3.15. The molecular formula is C18H27FN3O3S+. The molecule has 0 aromatic heterocycles. The van der Waals surface area contributed by atoms with Gasteiger partial charge in [0.15, 0.2) is 6.54 Å². The molecule has 2 fully saturated rings. The second-order valence-electron chi connectivity index (χ2n) is 7.38. The SMILES string of the molecule is C[C@@H]1CCCN(C(=O)C[NH+]2CCN(S(=O)(=O)c3cccc(F)c3)CC2)C1. The van der Waals surface area contributed by atoms with Gasteiger partial charge in [0.05, 0.1) is 31.1 Å². The molecule has 26 heavy (non-hydrogen) atoms. The molecule has 1 aromatic rings. The highest BCUT2D eigenvalue weighted by atomic mass is 32.2. The molecule has 0 radical (unpaired) electrons. The molecule has 0 spiro atoms. The molecule has 1 atom stereocenters. The molecule has 1 amide bonds. The van der Waals surface area contributed by atoms with Crippen molar-refractivity contribution in [2.24, 2.45) is 5.92 Å². The van der Waals surface area contributed by atoms with E-state index < -0.39 is 15.8 Å². The summed E-state index contributed by atoms with van der Waals surface area (Å²) in [6, 6.07) is 5.10. The van der Waals surface area contributed by atoms with Gasteiger partial charge in [-0.1, -0.05) is 13.0 Å². The molecule has 2 aliphatic heterocycles. The Morgan fingerprint density at radius 2 is 2.00 bits per heavy atom. The molecule has 0 bridgehead atoms. The van der Waals surface area contributed by atoms with Crippen LogP contribution in [0.2, 0.25) is 0 Å². The van der Waals surface area contributed by atoms with Crippen LogP contribution in [0.5, 0.6) is 0 Å². The maximum Gasteiger partial charge on any atom is 0.277 e. The number of halogens is 1. The van der Waals surface area contributed by atoms with Crippen molar-refractivity contribution < 1.29 is 22.5 Å². The third-order valence-corrected chi connectivity index (χ3v) is 7.17. The van der Waals surface area contributed by atoms with Crippen LogP contribution in [0.4, 0.5) is 4.39 Å². The van der Waals surface area contributed by atoms with Crippen LogP contribution in [0, 0.1) is 11.7 Å². The van der Waals surface area contributed by atoms with Gasteiger partial charge in [0.2, 0.25) is 10.0 Å². The van der Waals surface area contributed by atoms with E-state index in [4.69, 9.17) is 0 Å². The summed E-state index contributed by atoms with van der Waals surface area (Å²) in [5, 5.41) is 0. The van der Waals surface area contributed by atoms with Crippen LogP contribution in [0.25, 0.3) is 0 Å². The van der Waals surface area contributed by atoms with E-state index in [1.165, 1.54) is 28.9 Å². The van der Waals surface area contributed by atoms with Crippen LogP contribution in [-0.2, 0) is 14.8 Å². The number of nitrogens with zero attached hydrogens (tertiary/aromatic N) is 2. The number of piperidine rings is 1. The second kappa shape index (κ2) is 8.02. The first-order chi connectivity index (χ1) is 12.4. The number of benzene rings is 1. The first kappa shape index (κ1) is 19.3. The Hall–Kier alpha value is -1.51. The molecule has 1 N–H and O–H groups in total. The summed E-state index contributed by atoms with van der Waals surface area (Å²) in [4.78, 5) is 15.5. The molecule has 2 aliphatic rings. The fraction of sp³-hybridized carbons (Fsp3) is 0.611. The number of carbonyl (C=O) groups is 1. The van der Waals surface area contributed by atoms with Gasteiger partial charge in [-0.05, 0) is 37.0 Å². The van der Waals surface area contributed by atoms with Gasteiger partial charge >= 0.3 is 0 Å². The lowest BCUT2D eigenvalue weighted by atomic mass is 10.0. The molecule has 6 nitrogen and oxygen atoms in total. The van der Waals surface area contributed by atoms with Gasteiger partial charge in [0.25, 0.3) is 5.91 Å². The van der Waals surface area contributed by atoms with E-state index in [1.807, 2.05) is 4.90 Å². The third kappa shape index (κ3) is 4.42. The molecule has 144 valence electrons. The summed E-state index contributed by atoms with van der Waals surface area (Å²) in [5.41, 5.74) is 0. The highest BCUT2D eigenvalue weighted by Crippen LogP contribution is 2.17. The molecular weight excluding hydrogens is 357 g/mol. The first-order valence-corrected chi connectivity index (χ1v) is 10.7. The maximum atomic E-state index is 13.3. The quantitative estimate of drug-likeness (QED) is 0.793. The van der Waals surface area contributed by atoms with E-state index in [0.717, 1.165) is 30.5 Å². The van der Waals surface area contributed by atoms with Crippen molar-refractivity contribution in [2.75, 3.05) is 45.8 Å². The highest BCUT2D eigenvalue weighted by Gasteiger charge is 2.32. The van der Waals surface area contributed by atoms with Crippen molar-refractivity contribution in [1.29, 1.82) is 0 Å². The van der Waals surface area contributed by atoms with E-state index in [-0.39, 0.29) is 10.8 Å². The Bertz CT molecular complexity index is 748. The third-order valence-electron chi connectivity index (χ3n) is 5.27. The number of carbonyl (C=O) groups excluding carboxylic acids is 1. The zero-order chi connectivity index (χ0) is 18.7. The number of nitrogens with one attached hydrogen (secondary N) is 1. The van der Waals surface area contributed by atoms with Gasteiger partial charge in [-0.25, -0.2) is 12.8 Å². The number of sulfonamides is 1. The van der Waals surface area contributed by atoms with Gasteiger partial charge in [-0.3, -0.25) is 4.79 Å². The summed E-state index contributed by atoms with van der Waals surface area (Å²) in [6.07, 6.45) is 2.23. The van der Waals surface area contributed by atoms with E-state index in [0.29, 0.717) is 38.6 Å². The van der Waals surface area contributed by atoms with Gasteiger partial charge in [-0.15, -0.1) is 0 Å². The number of likely N-dealkylation sites (tertiary alicyclic amines) is 1. The predicted octanol–water partition coefficient (Wildman–Crippen LogP) is -0.0266. The lowest BCUT2D eigenvalue weighted by molar-refractivity contribution is -0.896. The largest absolute Gasteiger partial charge is 0.338 e. The van der Waals surface area contributed by atoms with Crippen LogP contribution < -0.4 is 4.90 Å². The maximum absolute atomic E-state index is 13.3. The summed E-state index contributed by atoms with van der Waals surface area (Å²) >= 11 is 0. The zero-order valence-corrected chi connectivity index (χ0v) is 16.0. The number of piperazine rings is 1. The molecule has 0 unspecified atom stereocenters. The Morgan fingerprint density at radius 3 is 2.65 bits per heavy atom. The van der Waals surface area contributed by atoms with Crippen molar-refractivity contribution in [1.82, 2.24) is 9.21 Å². The van der Waals surface area contributed by atoms with Crippen LogP contribution in [-0.4, -0.2) is 69.3 Å². The van der Waals surface area contributed by atoms with Crippen LogP contribution in [0.3, 0.4) is 0 Å². The van der Waals surface area contributed by atoms with Gasteiger partial charge in [0.1, 0.15) is 5.82 Å². The van der Waals surface area contributed by atoms with E-state index in [9.17, 15) is 17.6 Å². The molecule has 2 heterocycles. The predicted molar refractivity (Wildman–Crippen MR) is 95.7 cm³/mol. The Labute approximate surface area is 154 Å². The summed E-state index contributed by atoms with van der Waals surface area (Å²) in [7, 11) is -3.68. The van der Waals surface area contributed by atoms with Crippen molar-refractivity contribution in [3.8, 4) is 0 Å². The van der Waals surface area contributed by atoms with Gasteiger partial charge in [-0.2, -0.15) is 4.31 Å². The standard InChI is InChI=1S/C18H26FN3O3S/c1-15-4-3-7-21(13-15)18(23)14-20-8-10-22(11-9-20)26(24,25)17-6-2-5-16(19)12-17/h2,5-6,12,15H,3-4,7-11,13-14H2,1H3/p+1/t15-/m1/s1. The molecule has 0 saturated carbocycles. The average molecular weight is 384 g/mol. The highest BCUT2D eigenvalue weighted by molar-refractivity contribution is 7.89. The summed E-state index contributed by atoms with van der Waals surface area (Å²) in [6.45, 7) is 6.11. The number of rotatable bonds is 4. The van der Waals surface area contributed by atoms with Crippen LogP contribution in [0.15, 0.2) is 29.2 Å². The number of amides is 1. The second-order valence-corrected chi connectivity index (χ2v) is 9.31. The fourth-order valence-electron chi connectivity index (χ4n) is 3.74. The molecule has 1 aromatic carbocycles. The van der Waals surface area contributed by atoms with Crippen molar-refractivity contribution in [2.45, 2.75) is 24.7 Å². The Kier molecular flexibility index (Phi) is 5.94. The topological polar surface area (TPSA) is 62.1 Å². The monoisotopic (exact) mass is 384 g/mol.